The van der Waals surface area contributed by atoms with Crippen molar-refractivity contribution in [3.05, 3.63) is 71.3 Å². The Labute approximate surface area is 159 Å². The van der Waals surface area contributed by atoms with Crippen LogP contribution < -0.4 is 0 Å². The highest BCUT2D eigenvalue weighted by molar-refractivity contribution is 5.94. The number of likely N-dealkylation sites (tertiary alicyclic amines) is 1. The number of carbonyl (C=O) groups excluding carboxylic acids is 2. The third kappa shape index (κ3) is 3.74. The SMILES string of the molecule is Cc1ccc(C(=O)N2C[C@@H]3OCCC(=O)N(Cc4ccccc4)[C@H]3C2)cc1. The summed E-state index contributed by atoms with van der Waals surface area (Å²) in [6.07, 6.45) is 0.265. The van der Waals surface area contributed by atoms with Crippen LogP contribution in [0.3, 0.4) is 0 Å². The third-order valence-corrected chi connectivity index (χ3v) is 5.39. The highest BCUT2D eigenvalue weighted by Crippen LogP contribution is 2.26. The van der Waals surface area contributed by atoms with Crippen molar-refractivity contribution < 1.29 is 14.3 Å². The molecule has 27 heavy (non-hydrogen) atoms. The van der Waals surface area contributed by atoms with Gasteiger partial charge in [-0.3, -0.25) is 9.59 Å². The molecule has 0 unspecified atom stereocenters. The van der Waals surface area contributed by atoms with E-state index in [2.05, 4.69) is 0 Å². The van der Waals surface area contributed by atoms with Crippen LogP contribution in [0.25, 0.3) is 0 Å². The van der Waals surface area contributed by atoms with Crippen LogP contribution in [0, 0.1) is 6.92 Å². The van der Waals surface area contributed by atoms with Gasteiger partial charge in [-0.15, -0.1) is 0 Å². The Morgan fingerprint density at radius 3 is 2.56 bits per heavy atom. The molecule has 2 aromatic carbocycles. The number of aryl methyl sites for hydroxylation is 1. The van der Waals surface area contributed by atoms with Crippen LogP contribution in [0.15, 0.2) is 54.6 Å². The van der Waals surface area contributed by atoms with Crippen LogP contribution in [0.5, 0.6) is 0 Å². The average molecular weight is 364 g/mol. The third-order valence-electron chi connectivity index (χ3n) is 5.39. The summed E-state index contributed by atoms with van der Waals surface area (Å²) in [4.78, 5) is 29.3. The number of carbonyl (C=O) groups is 2. The molecule has 2 heterocycles. The molecule has 0 radical (unpaired) electrons. The molecule has 0 aliphatic carbocycles. The van der Waals surface area contributed by atoms with Gasteiger partial charge in [0.15, 0.2) is 0 Å². The molecule has 2 aliphatic heterocycles. The van der Waals surface area contributed by atoms with E-state index in [0.717, 1.165) is 11.1 Å². The number of benzene rings is 2. The van der Waals surface area contributed by atoms with Gasteiger partial charge in [-0.05, 0) is 24.6 Å². The molecule has 140 valence electrons. The number of fused-ring (bicyclic) bond motifs is 1. The molecule has 2 aliphatic rings. The lowest BCUT2D eigenvalue weighted by atomic mass is 10.1. The van der Waals surface area contributed by atoms with Gasteiger partial charge in [-0.1, -0.05) is 48.0 Å². The highest BCUT2D eigenvalue weighted by atomic mass is 16.5. The van der Waals surface area contributed by atoms with Crippen molar-refractivity contribution in [2.75, 3.05) is 19.7 Å². The van der Waals surface area contributed by atoms with Gasteiger partial charge in [0, 0.05) is 25.2 Å². The molecule has 0 spiro atoms. The minimum Gasteiger partial charge on any atom is -0.374 e. The number of rotatable bonds is 3. The molecular weight excluding hydrogens is 340 g/mol. The first-order chi connectivity index (χ1) is 13.1. The first kappa shape index (κ1) is 17.7. The predicted molar refractivity (Wildman–Crippen MR) is 102 cm³/mol. The Morgan fingerprint density at radius 2 is 1.81 bits per heavy atom. The van der Waals surface area contributed by atoms with Gasteiger partial charge in [0.25, 0.3) is 5.91 Å². The summed E-state index contributed by atoms with van der Waals surface area (Å²) >= 11 is 0. The molecule has 2 fully saturated rings. The lowest BCUT2D eigenvalue weighted by Crippen LogP contribution is -2.45. The van der Waals surface area contributed by atoms with Crippen LogP contribution >= 0.6 is 0 Å². The molecule has 5 heteroatoms. The Hall–Kier alpha value is -2.66. The average Bonchev–Trinajstić information content (AvgIpc) is 3.05. The summed E-state index contributed by atoms with van der Waals surface area (Å²) in [6.45, 7) is 4.00. The molecule has 0 saturated carbocycles. The molecule has 0 aromatic heterocycles. The molecule has 2 amide bonds. The molecule has 0 bridgehead atoms. The van der Waals surface area contributed by atoms with Crippen LogP contribution in [0.2, 0.25) is 0 Å². The lowest BCUT2D eigenvalue weighted by Gasteiger charge is -2.29. The molecule has 4 rings (SSSR count). The van der Waals surface area contributed by atoms with Crippen molar-refractivity contribution in [1.29, 1.82) is 0 Å². The lowest BCUT2D eigenvalue weighted by molar-refractivity contribution is -0.133. The second-order valence-corrected chi connectivity index (χ2v) is 7.31. The van der Waals surface area contributed by atoms with Crippen molar-refractivity contribution in [3.63, 3.8) is 0 Å². The molecule has 2 atom stereocenters. The molecular formula is C22H24N2O3. The van der Waals surface area contributed by atoms with Crippen LogP contribution in [-0.4, -0.2) is 53.5 Å². The van der Waals surface area contributed by atoms with Gasteiger partial charge in [0.2, 0.25) is 5.91 Å². The zero-order valence-corrected chi connectivity index (χ0v) is 15.5. The van der Waals surface area contributed by atoms with Crippen molar-refractivity contribution in [1.82, 2.24) is 9.80 Å². The standard InChI is InChI=1S/C22H24N2O3/c1-16-7-9-18(10-8-16)22(26)23-14-19-20(15-23)27-12-11-21(25)24(19)13-17-5-3-2-4-6-17/h2-10,19-20H,11-15H2,1H3/t19-,20-/m0/s1. The molecule has 5 nitrogen and oxygen atoms in total. The number of hydrogen-bond acceptors (Lipinski definition) is 3. The fourth-order valence-corrected chi connectivity index (χ4v) is 3.88. The zero-order chi connectivity index (χ0) is 18.8. The number of amides is 2. The van der Waals surface area contributed by atoms with Crippen LogP contribution in [-0.2, 0) is 16.1 Å². The van der Waals surface area contributed by atoms with Gasteiger partial charge in [-0.2, -0.15) is 0 Å². The summed E-state index contributed by atoms with van der Waals surface area (Å²) in [5.74, 6) is 0.0924. The normalized spacial score (nSPS) is 22.5. The second kappa shape index (κ2) is 7.53. The molecule has 0 N–H and O–H groups in total. The van der Waals surface area contributed by atoms with Crippen molar-refractivity contribution in [2.24, 2.45) is 0 Å². The maximum absolute atomic E-state index is 12.9. The molecule has 2 saturated heterocycles. The number of nitrogens with zero attached hydrogens (tertiary/aromatic N) is 2. The Bertz CT molecular complexity index is 819. The van der Waals surface area contributed by atoms with Gasteiger partial charge < -0.3 is 14.5 Å². The Morgan fingerprint density at radius 1 is 1.07 bits per heavy atom. The van der Waals surface area contributed by atoms with Gasteiger partial charge in [-0.25, -0.2) is 0 Å². The smallest absolute Gasteiger partial charge is 0.254 e. The molecule has 2 aromatic rings. The summed E-state index contributed by atoms with van der Waals surface area (Å²) in [6, 6.07) is 17.5. The number of hydrogen-bond donors (Lipinski definition) is 0. The van der Waals surface area contributed by atoms with Crippen LogP contribution in [0.1, 0.15) is 27.9 Å². The quantitative estimate of drug-likeness (QED) is 0.841. The van der Waals surface area contributed by atoms with Gasteiger partial charge >= 0.3 is 0 Å². The van der Waals surface area contributed by atoms with E-state index in [9.17, 15) is 9.59 Å². The van der Waals surface area contributed by atoms with E-state index in [1.54, 1.807) is 0 Å². The van der Waals surface area contributed by atoms with E-state index in [1.807, 2.05) is 71.3 Å². The van der Waals surface area contributed by atoms with Crippen LogP contribution in [0.4, 0.5) is 0 Å². The first-order valence-electron chi connectivity index (χ1n) is 9.43. The maximum Gasteiger partial charge on any atom is 0.254 e. The summed E-state index contributed by atoms with van der Waals surface area (Å²) < 4.78 is 5.94. The minimum atomic E-state index is -0.130. The topological polar surface area (TPSA) is 49.9 Å². The van der Waals surface area contributed by atoms with E-state index >= 15 is 0 Å². The van der Waals surface area contributed by atoms with E-state index in [1.165, 1.54) is 0 Å². The minimum absolute atomic E-state index is 0.00113. The zero-order valence-electron chi connectivity index (χ0n) is 15.5. The van der Waals surface area contributed by atoms with Gasteiger partial charge in [0.05, 0.1) is 25.2 Å². The monoisotopic (exact) mass is 364 g/mol. The van der Waals surface area contributed by atoms with E-state index < -0.39 is 0 Å². The Kier molecular flexibility index (Phi) is 4.94. The first-order valence-corrected chi connectivity index (χ1v) is 9.43. The highest BCUT2D eigenvalue weighted by Gasteiger charge is 2.43. The van der Waals surface area contributed by atoms with Crippen molar-refractivity contribution >= 4 is 11.8 Å². The maximum atomic E-state index is 12.9. The predicted octanol–water partition coefficient (Wildman–Crippen LogP) is 2.64. The van der Waals surface area contributed by atoms with Crippen molar-refractivity contribution in [2.45, 2.75) is 32.0 Å². The largest absolute Gasteiger partial charge is 0.374 e. The van der Waals surface area contributed by atoms with E-state index in [4.69, 9.17) is 4.74 Å². The summed E-state index contributed by atoms with van der Waals surface area (Å²) in [5, 5.41) is 0. The van der Waals surface area contributed by atoms with Gasteiger partial charge in [0.1, 0.15) is 0 Å². The van der Waals surface area contributed by atoms with E-state index in [0.29, 0.717) is 38.2 Å². The summed E-state index contributed by atoms with van der Waals surface area (Å²) in [5.41, 5.74) is 2.90. The van der Waals surface area contributed by atoms with E-state index in [-0.39, 0.29) is 24.0 Å². The van der Waals surface area contributed by atoms with Crippen molar-refractivity contribution in [3.8, 4) is 0 Å². The Balaban J connectivity index is 1.54. The summed E-state index contributed by atoms with van der Waals surface area (Å²) in [7, 11) is 0. The fourth-order valence-electron chi connectivity index (χ4n) is 3.88. The number of ether oxygens (including phenoxy) is 1. The second-order valence-electron chi connectivity index (χ2n) is 7.31. The fraction of sp³-hybridized carbons (Fsp3) is 0.364.